The van der Waals surface area contributed by atoms with E-state index in [0.717, 1.165) is 29.6 Å². The number of hydrogen-bond acceptors (Lipinski definition) is 4. The molecule has 0 radical (unpaired) electrons. The molecule has 1 fully saturated rings. The van der Waals surface area contributed by atoms with Crippen molar-refractivity contribution in [1.82, 2.24) is 20.1 Å². The average Bonchev–Trinajstić information content (AvgIpc) is 3.30. The van der Waals surface area contributed by atoms with Gasteiger partial charge in [0.15, 0.2) is 5.78 Å². The van der Waals surface area contributed by atoms with Crippen LogP contribution in [0.2, 0.25) is 0 Å². The molecule has 6 nitrogen and oxygen atoms in total. The van der Waals surface area contributed by atoms with Crippen molar-refractivity contribution in [2.24, 2.45) is 0 Å². The van der Waals surface area contributed by atoms with E-state index in [1.807, 2.05) is 36.2 Å². The summed E-state index contributed by atoms with van der Waals surface area (Å²) < 4.78 is 80.2. The molecule has 0 unspecified atom stereocenters. The first-order chi connectivity index (χ1) is 18.8. The number of para-hydroxylation sites is 1. The Balaban J connectivity index is 1.51. The number of allylic oxidation sites excluding steroid dienone is 4. The molecule has 1 amide bonds. The lowest BCUT2D eigenvalue weighted by molar-refractivity contribution is -0.128. The number of carbonyl (C=O) groups excluding carboxylic acids is 2. The molecule has 1 aliphatic carbocycles. The van der Waals surface area contributed by atoms with Crippen LogP contribution in [0, 0.1) is 0 Å². The van der Waals surface area contributed by atoms with Crippen LogP contribution in [0.4, 0.5) is 26.3 Å². The van der Waals surface area contributed by atoms with Crippen LogP contribution in [0.1, 0.15) is 31.2 Å². The van der Waals surface area contributed by atoms with Gasteiger partial charge in [0, 0.05) is 61.7 Å². The molecule has 0 bridgehead atoms. The Labute approximate surface area is 228 Å². The molecule has 2 aliphatic rings. The summed E-state index contributed by atoms with van der Waals surface area (Å²) in [5.41, 5.74) is -1.21. The summed E-state index contributed by atoms with van der Waals surface area (Å²) in [4.78, 5) is 33.5. The van der Waals surface area contributed by atoms with E-state index in [4.69, 9.17) is 0 Å². The van der Waals surface area contributed by atoms with E-state index in [-0.39, 0.29) is 43.4 Å². The summed E-state index contributed by atoms with van der Waals surface area (Å²) >= 11 is 0. The van der Waals surface area contributed by atoms with Gasteiger partial charge in [-0.2, -0.15) is 26.3 Å². The van der Waals surface area contributed by atoms with Crippen molar-refractivity contribution in [3.8, 4) is 0 Å². The van der Waals surface area contributed by atoms with Gasteiger partial charge < -0.3 is 15.2 Å². The summed E-state index contributed by atoms with van der Waals surface area (Å²) in [5.74, 6) is -0.843. The van der Waals surface area contributed by atoms with Crippen LogP contribution < -0.4 is 5.32 Å². The predicted molar refractivity (Wildman–Crippen MR) is 139 cm³/mol. The van der Waals surface area contributed by atoms with E-state index in [0.29, 0.717) is 13.1 Å². The van der Waals surface area contributed by atoms with Gasteiger partial charge in [-0.05, 0) is 44.0 Å². The number of likely N-dealkylation sites (N-methyl/N-ethyl adjacent to an activating group) is 1. The molecule has 1 atom stereocenters. The minimum atomic E-state index is -4.98. The number of nitrogens with zero attached hydrogens (tertiary/aromatic N) is 2. The predicted octanol–water partition coefficient (Wildman–Crippen LogP) is 4.93. The number of halogens is 6. The van der Waals surface area contributed by atoms with Crippen molar-refractivity contribution in [3.63, 3.8) is 0 Å². The van der Waals surface area contributed by atoms with Crippen molar-refractivity contribution in [1.29, 1.82) is 0 Å². The maximum Gasteiger partial charge on any atom is 0.416 e. The molecule has 2 aromatic rings. The number of benzene rings is 1. The van der Waals surface area contributed by atoms with Gasteiger partial charge in [-0.1, -0.05) is 23.8 Å². The van der Waals surface area contributed by atoms with Crippen molar-refractivity contribution in [3.05, 3.63) is 58.8 Å². The Morgan fingerprint density at radius 2 is 1.70 bits per heavy atom. The van der Waals surface area contributed by atoms with Crippen molar-refractivity contribution < 1.29 is 35.9 Å². The second kappa shape index (κ2) is 12.2. The number of aromatic amines is 1. The monoisotopic (exact) mass is 570 g/mol. The zero-order valence-corrected chi connectivity index (χ0v) is 22.1. The quantitative estimate of drug-likeness (QED) is 0.420. The molecule has 1 aromatic carbocycles. The third-order valence-electron chi connectivity index (χ3n) is 7.52. The van der Waals surface area contributed by atoms with E-state index in [9.17, 15) is 35.9 Å². The maximum atomic E-state index is 13.6. The highest BCUT2D eigenvalue weighted by Gasteiger charge is 2.42. The smallest absolute Gasteiger partial charge is 0.361 e. The molecular weight excluding hydrogens is 538 g/mol. The van der Waals surface area contributed by atoms with Gasteiger partial charge in [-0.15, -0.1) is 0 Å². The zero-order valence-electron chi connectivity index (χ0n) is 22.1. The lowest BCUT2D eigenvalue weighted by Gasteiger charge is -2.32. The number of fused-ring (bicyclic) bond motifs is 1. The Morgan fingerprint density at radius 3 is 2.38 bits per heavy atom. The number of Topliss-reactive ketones (excluding diaryl/α,β-unsaturated/α-hetero) is 1. The van der Waals surface area contributed by atoms with Crippen molar-refractivity contribution in [2.45, 2.75) is 50.5 Å². The Kier molecular flexibility index (Phi) is 9.09. The third-order valence-corrected chi connectivity index (χ3v) is 7.52. The Morgan fingerprint density at radius 1 is 1.00 bits per heavy atom. The zero-order chi connectivity index (χ0) is 29.1. The maximum absolute atomic E-state index is 13.6. The molecular formula is C28H32F6N4O2. The van der Waals surface area contributed by atoms with E-state index < -0.39 is 48.2 Å². The molecule has 0 spiro atoms. The number of H-pyrrole nitrogens is 1. The van der Waals surface area contributed by atoms with Gasteiger partial charge in [0.05, 0.1) is 18.2 Å². The number of aromatic nitrogens is 1. The van der Waals surface area contributed by atoms with E-state index in [1.54, 1.807) is 6.20 Å². The molecule has 2 N–H and O–H groups in total. The number of ketones is 1. The lowest BCUT2D eigenvalue weighted by Crippen LogP contribution is -2.51. The molecule has 218 valence electrons. The van der Waals surface area contributed by atoms with Crippen LogP contribution in [0.25, 0.3) is 10.9 Å². The minimum absolute atomic E-state index is 0.0832. The van der Waals surface area contributed by atoms with Gasteiger partial charge in [0.1, 0.15) is 0 Å². The van der Waals surface area contributed by atoms with E-state index in [1.165, 1.54) is 0 Å². The number of amides is 1. The summed E-state index contributed by atoms with van der Waals surface area (Å²) in [6, 6.07) is 6.40. The number of alkyl halides is 6. The molecule has 4 rings (SSSR count). The summed E-state index contributed by atoms with van der Waals surface area (Å²) in [6.07, 6.45) is -9.51. The van der Waals surface area contributed by atoms with Crippen LogP contribution in [-0.2, 0) is 16.0 Å². The molecule has 40 heavy (non-hydrogen) atoms. The first-order valence-electron chi connectivity index (χ1n) is 13.2. The first-order valence-corrected chi connectivity index (χ1v) is 13.2. The molecule has 1 saturated heterocycles. The fourth-order valence-electron chi connectivity index (χ4n) is 5.20. The molecule has 12 heteroatoms. The summed E-state index contributed by atoms with van der Waals surface area (Å²) in [6.45, 7) is 3.05. The van der Waals surface area contributed by atoms with E-state index in [2.05, 4.69) is 15.2 Å². The summed E-state index contributed by atoms with van der Waals surface area (Å²) in [5, 5.41) is 3.63. The van der Waals surface area contributed by atoms with Crippen LogP contribution >= 0.6 is 0 Å². The van der Waals surface area contributed by atoms with E-state index >= 15 is 0 Å². The fourth-order valence-corrected chi connectivity index (χ4v) is 5.20. The van der Waals surface area contributed by atoms with Crippen molar-refractivity contribution in [2.75, 3.05) is 39.8 Å². The SMILES string of the molecule is CN1CCN(CC(=O)N[C@@H](Cc2c[nH]c3ccccc23)C(=O)CCC2=C(C(F)(F)F)C=C(C(F)(F)F)CC2)CC1. The van der Waals surface area contributed by atoms with Crippen LogP contribution in [-0.4, -0.2) is 84.6 Å². The Hall–Kier alpha value is -3.12. The Bertz CT molecular complexity index is 1290. The molecule has 1 aliphatic heterocycles. The second-order valence-electron chi connectivity index (χ2n) is 10.4. The number of carbonyl (C=O) groups is 2. The molecule has 2 heterocycles. The third kappa shape index (κ3) is 7.54. The van der Waals surface area contributed by atoms with Crippen LogP contribution in [0.15, 0.2) is 53.3 Å². The highest BCUT2D eigenvalue weighted by Crippen LogP contribution is 2.42. The highest BCUT2D eigenvalue weighted by atomic mass is 19.4. The number of nitrogens with one attached hydrogen (secondary N) is 2. The van der Waals surface area contributed by atoms with Crippen LogP contribution in [0.5, 0.6) is 0 Å². The molecule has 0 saturated carbocycles. The topological polar surface area (TPSA) is 68.4 Å². The lowest BCUT2D eigenvalue weighted by atomic mass is 9.87. The number of rotatable bonds is 9. The normalized spacial score (nSPS) is 18.6. The number of hydrogen-bond donors (Lipinski definition) is 2. The van der Waals surface area contributed by atoms with Gasteiger partial charge in [0.2, 0.25) is 5.91 Å². The van der Waals surface area contributed by atoms with Gasteiger partial charge in [-0.25, -0.2) is 0 Å². The second-order valence-corrected chi connectivity index (χ2v) is 10.4. The average molecular weight is 571 g/mol. The van der Waals surface area contributed by atoms with Gasteiger partial charge >= 0.3 is 12.4 Å². The van der Waals surface area contributed by atoms with Gasteiger partial charge in [0.25, 0.3) is 0 Å². The fraction of sp³-hybridized carbons (Fsp3) is 0.500. The summed E-state index contributed by atoms with van der Waals surface area (Å²) in [7, 11) is 1.99. The number of piperazine rings is 1. The first kappa shape index (κ1) is 29.9. The van der Waals surface area contributed by atoms with Gasteiger partial charge in [-0.3, -0.25) is 14.5 Å². The largest absolute Gasteiger partial charge is 0.416 e. The highest BCUT2D eigenvalue weighted by molar-refractivity contribution is 5.91. The van der Waals surface area contributed by atoms with Crippen LogP contribution in [0.3, 0.4) is 0 Å². The van der Waals surface area contributed by atoms with Crippen molar-refractivity contribution >= 4 is 22.6 Å². The standard InChI is InChI=1S/C28H32F6N4O2/c1-37-10-12-38(13-11-37)17-26(40)36-24(14-19-16-35-23-5-3-2-4-21(19)23)25(39)9-7-18-6-8-20(27(29,30)31)15-22(18)28(32,33)34/h2-5,15-16,24,35H,6-14,17H2,1H3,(H,36,40)/t24-/m0/s1. The molecule has 1 aromatic heterocycles. The minimum Gasteiger partial charge on any atom is -0.361 e.